The van der Waals surface area contributed by atoms with E-state index in [9.17, 15) is 0 Å². The van der Waals surface area contributed by atoms with Crippen molar-refractivity contribution in [1.29, 1.82) is 0 Å². The molecule has 0 aromatic heterocycles. The maximum absolute atomic E-state index is 6.25. The van der Waals surface area contributed by atoms with Crippen LogP contribution in [-0.2, 0) is 0 Å². The Morgan fingerprint density at radius 1 is 0.523 bits per heavy atom. The van der Waals surface area contributed by atoms with Gasteiger partial charge in [-0.2, -0.15) is 0 Å². The van der Waals surface area contributed by atoms with E-state index in [4.69, 9.17) is 4.74 Å². The second kappa shape index (κ2) is 22.3. The average molecular weight is 594 g/mol. The molecular formula is C42H59NO. The van der Waals surface area contributed by atoms with Crippen LogP contribution < -0.4 is 10.1 Å². The fourth-order valence-corrected chi connectivity index (χ4v) is 6.03. The van der Waals surface area contributed by atoms with E-state index in [0.717, 1.165) is 52.4 Å². The van der Waals surface area contributed by atoms with Crippen molar-refractivity contribution in [3.05, 3.63) is 91.0 Å². The van der Waals surface area contributed by atoms with Gasteiger partial charge in [0.1, 0.15) is 5.75 Å². The van der Waals surface area contributed by atoms with Crippen LogP contribution in [0.4, 0.5) is 11.4 Å². The fourth-order valence-electron chi connectivity index (χ4n) is 6.03. The standard InChI is InChI=1S/C42H59NO/c1-4-7-8-9-10-11-12-13-14-15-16-17-18-19-20-21-22-26-35-44-42-34-33-41(39(5-2)40(42)6-3)36-29-31-38(32-30-36)43-37-27-24-23-25-28-37/h5-6,23-25,27-34,43H,2-4,7-22,26,35H2,1H3. The van der Waals surface area contributed by atoms with Crippen molar-refractivity contribution in [2.24, 2.45) is 0 Å². The van der Waals surface area contributed by atoms with E-state index in [0.29, 0.717) is 0 Å². The second-order valence-electron chi connectivity index (χ2n) is 12.3. The first-order valence-corrected chi connectivity index (χ1v) is 17.7. The summed E-state index contributed by atoms with van der Waals surface area (Å²) >= 11 is 0. The van der Waals surface area contributed by atoms with Gasteiger partial charge in [-0.1, -0.05) is 178 Å². The van der Waals surface area contributed by atoms with Gasteiger partial charge >= 0.3 is 0 Å². The predicted molar refractivity (Wildman–Crippen MR) is 196 cm³/mol. The molecule has 44 heavy (non-hydrogen) atoms. The van der Waals surface area contributed by atoms with E-state index in [1.807, 2.05) is 30.4 Å². The van der Waals surface area contributed by atoms with E-state index in [1.54, 1.807) is 0 Å². The van der Waals surface area contributed by atoms with Crippen LogP contribution in [0.15, 0.2) is 79.9 Å². The predicted octanol–water partition coefficient (Wildman–Crippen LogP) is 13.8. The van der Waals surface area contributed by atoms with Gasteiger partial charge in [0, 0.05) is 16.9 Å². The summed E-state index contributed by atoms with van der Waals surface area (Å²) in [7, 11) is 0. The molecule has 3 aromatic rings. The van der Waals surface area contributed by atoms with Crippen LogP contribution in [0.3, 0.4) is 0 Å². The smallest absolute Gasteiger partial charge is 0.127 e. The van der Waals surface area contributed by atoms with E-state index in [-0.39, 0.29) is 0 Å². The Kier molecular flexibility index (Phi) is 17.8. The van der Waals surface area contributed by atoms with Gasteiger partial charge in [0.05, 0.1) is 6.61 Å². The number of unbranched alkanes of at least 4 members (excludes halogenated alkanes) is 17. The Bertz CT molecular complexity index is 1180. The zero-order chi connectivity index (χ0) is 31.1. The molecule has 0 aliphatic carbocycles. The highest BCUT2D eigenvalue weighted by Crippen LogP contribution is 2.35. The lowest BCUT2D eigenvalue weighted by atomic mass is 9.94. The first kappa shape index (κ1) is 35.2. The molecule has 2 heteroatoms. The molecule has 0 aliphatic heterocycles. The van der Waals surface area contributed by atoms with Gasteiger partial charge in [0.2, 0.25) is 0 Å². The van der Waals surface area contributed by atoms with E-state index in [2.05, 4.69) is 73.9 Å². The minimum absolute atomic E-state index is 0.745. The topological polar surface area (TPSA) is 21.3 Å². The van der Waals surface area contributed by atoms with Gasteiger partial charge in [0.25, 0.3) is 0 Å². The quantitative estimate of drug-likeness (QED) is 0.0987. The number of ether oxygens (including phenoxy) is 1. The Morgan fingerprint density at radius 2 is 1.00 bits per heavy atom. The monoisotopic (exact) mass is 593 g/mol. The Labute approximate surface area is 270 Å². The van der Waals surface area contributed by atoms with Crippen molar-refractivity contribution in [1.82, 2.24) is 0 Å². The Balaban J connectivity index is 1.28. The fraction of sp³-hybridized carbons (Fsp3) is 0.476. The van der Waals surface area contributed by atoms with Crippen molar-refractivity contribution in [3.8, 4) is 16.9 Å². The average Bonchev–Trinajstić information content (AvgIpc) is 3.06. The van der Waals surface area contributed by atoms with E-state index >= 15 is 0 Å². The SMILES string of the molecule is C=Cc1c(OCCCCCCCCCCCCCCCCCCCC)ccc(-c2ccc(Nc3ccccc3)cc2)c1C=C. The van der Waals surface area contributed by atoms with E-state index in [1.165, 1.54) is 109 Å². The normalized spacial score (nSPS) is 10.9. The van der Waals surface area contributed by atoms with Crippen LogP contribution in [0.1, 0.15) is 134 Å². The molecule has 0 heterocycles. The molecule has 0 amide bonds. The molecule has 0 fully saturated rings. The molecule has 0 bridgehead atoms. The summed E-state index contributed by atoms with van der Waals surface area (Å²) in [6, 6.07) is 23.0. The van der Waals surface area contributed by atoms with Gasteiger partial charge in [-0.15, -0.1) is 0 Å². The Hall–Kier alpha value is -3.26. The van der Waals surface area contributed by atoms with Crippen LogP contribution in [0.5, 0.6) is 5.75 Å². The molecule has 0 unspecified atom stereocenters. The van der Waals surface area contributed by atoms with Gasteiger partial charge < -0.3 is 10.1 Å². The highest BCUT2D eigenvalue weighted by molar-refractivity contribution is 5.83. The van der Waals surface area contributed by atoms with Gasteiger partial charge in [0.15, 0.2) is 0 Å². The summed E-state index contributed by atoms with van der Waals surface area (Å²) in [4.78, 5) is 0. The summed E-state index contributed by atoms with van der Waals surface area (Å²) in [6.07, 6.45) is 28.8. The van der Waals surface area contributed by atoms with Crippen LogP contribution in [0.2, 0.25) is 0 Å². The minimum Gasteiger partial charge on any atom is -0.493 e. The zero-order valence-electron chi connectivity index (χ0n) is 27.8. The summed E-state index contributed by atoms with van der Waals surface area (Å²) in [5, 5.41) is 3.45. The van der Waals surface area contributed by atoms with E-state index < -0.39 is 0 Å². The number of hydrogen-bond donors (Lipinski definition) is 1. The highest BCUT2D eigenvalue weighted by atomic mass is 16.5. The number of benzene rings is 3. The largest absolute Gasteiger partial charge is 0.493 e. The molecule has 238 valence electrons. The molecule has 1 N–H and O–H groups in total. The number of para-hydroxylation sites is 1. The molecule has 3 aromatic carbocycles. The highest BCUT2D eigenvalue weighted by Gasteiger charge is 2.12. The third kappa shape index (κ3) is 13.2. The van der Waals surface area contributed by atoms with Gasteiger partial charge in [-0.3, -0.25) is 0 Å². The zero-order valence-corrected chi connectivity index (χ0v) is 27.8. The molecule has 0 aliphatic rings. The molecular weight excluding hydrogens is 534 g/mol. The molecule has 0 saturated carbocycles. The number of nitrogens with one attached hydrogen (secondary N) is 1. The van der Waals surface area contributed by atoms with Crippen molar-refractivity contribution in [2.45, 2.75) is 122 Å². The lowest BCUT2D eigenvalue weighted by molar-refractivity contribution is 0.303. The van der Waals surface area contributed by atoms with Crippen LogP contribution in [-0.4, -0.2) is 6.61 Å². The van der Waals surface area contributed by atoms with Gasteiger partial charge in [-0.05, 0) is 53.4 Å². The molecule has 0 saturated heterocycles. The van der Waals surface area contributed by atoms with Crippen molar-refractivity contribution >= 4 is 23.5 Å². The number of rotatable bonds is 25. The first-order chi connectivity index (χ1) is 21.8. The summed E-state index contributed by atoms with van der Waals surface area (Å²) in [5.74, 6) is 0.896. The lowest BCUT2D eigenvalue weighted by Gasteiger charge is -2.16. The van der Waals surface area contributed by atoms with Crippen molar-refractivity contribution in [2.75, 3.05) is 11.9 Å². The molecule has 2 nitrogen and oxygen atoms in total. The van der Waals surface area contributed by atoms with Crippen LogP contribution in [0.25, 0.3) is 23.3 Å². The third-order valence-corrected chi connectivity index (χ3v) is 8.67. The molecule has 0 spiro atoms. The van der Waals surface area contributed by atoms with Crippen LogP contribution in [0, 0.1) is 0 Å². The molecule has 0 atom stereocenters. The first-order valence-electron chi connectivity index (χ1n) is 17.7. The lowest BCUT2D eigenvalue weighted by Crippen LogP contribution is -2.01. The van der Waals surface area contributed by atoms with Gasteiger partial charge in [-0.25, -0.2) is 0 Å². The van der Waals surface area contributed by atoms with Crippen molar-refractivity contribution in [3.63, 3.8) is 0 Å². The van der Waals surface area contributed by atoms with Crippen LogP contribution >= 0.6 is 0 Å². The van der Waals surface area contributed by atoms with Crippen molar-refractivity contribution < 1.29 is 4.74 Å². The third-order valence-electron chi connectivity index (χ3n) is 8.67. The maximum atomic E-state index is 6.25. The number of anilines is 2. The molecule has 0 radical (unpaired) electrons. The minimum atomic E-state index is 0.745. The summed E-state index contributed by atoms with van der Waals surface area (Å²) < 4.78 is 6.25. The maximum Gasteiger partial charge on any atom is 0.127 e. The summed E-state index contributed by atoms with van der Waals surface area (Å²) in [6.45, 7) is 11.2. The summed E-state index contributed by atoms with van der Waals surface area (Å²) in [5.41, 5.74) is 6.52. The number of hydrogen-bond acceptors (Lipinski definition) is 2. The Morgan fingerprint density at radius 3 is 1.50 bits per heavy atom. The molecule has 3 rings (SSSR count). The second-order valence-corrected chi connectivity index (χ2v) is 12.3.